The maximum atomic E-state index is 11.8. The molecule has 3 heterocycles. The summed E-state index contributed by atoms with van der Waals surface area (Å²) in [5.41, 5.74) is 5.18. The molecule has 0 saturated heterocycles. The highest BCUT2D eigenvalue weighted by Gasteiger charge is 2.39. The van der Waals surface area contributed by atoms with Crippen LogP contribution < -0.4 is 14.8 Å². The number of nitrogens with one attached hydrogen (secondary N) is 1. The summed E-state index contributed by atoms with van der Waals surface area (Å²) in [6.07, 6.45) is 4.68. The average molecular weight is 484 g/mol. The van der Waals surface area contributed by atoms with Crippen LogP contribution in [0.2, 0.25) is 0 Å². The summed E-state index contributed by atoms with van der Waals surface area (Å²) in [5.74, 6) is 3.17. The summed E-state index contributed by atoms with van der Waals surface area (Å²) in [6, 6.07) is 13.2. The normalized spacial score (nSPS) is 16.9. The fourth-order valence-electron chi connectivity index (χ4n) is 5.09. The van der Waals surface area contributed by atoms with Gasteiger partial charge in [-0.15, -0.1) is 11.3 Å². The summed E-state index contributed by atoms with van der Waals surface area (Å²) in [7, 11) is 1.38. The molecule has 0 spiro atoms. The molecule has 1 N–H and O–H groups in total. The first-order chi connectivity index (χ1) is 17.2. The number of esters is 1. The van der Waals surface area contributed by atoms with Gasteiger partial charge in [0.05, 0.1) is 18.1 Å². The van der Waals surface area contributed by atoms with Gasteiger partial charge in [-0.2, -0.15) is 0 Å². The van der Waals surface area contributed by atoms with Gasteiger partial charge >= 0.3 is 5.97 Å². The lowest BCUT2D eigenvalue weighted by molar-refractivity contribution is 0.0600. The van der Waals surface area contributed by atoms with Crippen LogP contribution in [0.1, 0.15) is 45.1 Å². The van der Waals surface area contributed by atoms with E-state index >= 15 is 0 Å². The second kappa shape index (κ2) is 7.81. The number of aromatic nitrogens is 2. The highest BCUT2D eigenvalue weighted by atomic mass is 32.1. The van der Waals surface area contributed by atoms with Crippen molar-refractivity contribution >= 4 is 38.9 Å². The van der Waals surface area contributed by atoms with E-state index in [0.717, 1.165) is 45.1 Å². The van der Waals surface area contributed by atoms with Crippen molar-refractivity contribution in [3.05, 3.63) is 70.1 Å². The Morgan fingerprint density at radius 2 is 2.00 bits per heavy atom. The maximum absolute atomic E-state index is 11.8. The highest BCUT2D eigenvalue weighted by Crippen LogP contribution is 2.59. The Morgan fingerprint density at radius 3 is 2.86 bits per heavy atom. The van der Waals surface area contributed by atoms with Crippen LogP contribution in [0, 0.1) is 0 Å². The molecule has 2 aliphatic carbocycles. The summed E-state index contributed by atoms with van der Waals surface area (Å²) in [4.78, 5) is 24.1. The van der Waals surface area contributed by atoms with Gasteiger partial charge < -0.3 is 19.5 Å². The first kappa shape index (κ1) is 20.5. The van der Waals surface area contributed by atoms with Gasteiger partial charge in [0.1, 0.15) is 10.6 Å². The third-order valence-electron chi connectivity index (χ3n) is 6.84. The number of carbonyl (C=O) groups is 1. The van der Waals surface area contributed by atoms with Gasteiger partial charge in [-0.1, -0.05) is 24.3 Å². The van der Waals surface area contributed by atoms with Crippen molar-refractivity contribution in [3.8, 4) is 22.9 Å². The summed E-state index contributed by atoms with van der Waals surface area (Å²) in [5, 5.41) is 4.67. The summed E-state index contributed by atoms with van der Waals surface area (Å²) >= 11 is 1.77. The predicted molar refractivity (Wildman–Crippen MR) is 134 cm³/mol. The molecule has 2 aromatic carbocycles. The number of anilines is 1. The first-order valence-electron chi connectivity index (χ1n) is 11.6. The Hall–Kier alpha value is -3.91. The zero-order chi connectivity index (χ0) is 23.5. The SMILES string of the molecule is COC(=O)c1ccc(-c2nc(NCc3ccc4c(c3)OCO4)c3c4c(sc3n2)C2CCC=C42)cc1. The van der Waals surface area contributed by atoms with E-state index in [-0.39, 0.29) is 12.8 Å². The second-order valence-corrected chi connectivity index (χ2v) is 9.85. The van der Waals surface area contributed by atoms with Crippen LogP contribution in [0.5, 0.6) is 11.5 Å². The van der Waals surface area contributed by atoms with E-state index in [1.54, 1.807) is 23.5 Å². The van der Waals surface area contributed by atoms with E-state index < -0.39 is 0 Å². The molecule has 4 aromatic rings. The van der Waals surface area contributed by atoms with Crippen LogP contribution >= 0.6 is 11.3 Å². The van der Waals surface area contributed by atoms with E-state index in [2.05, 4.69) is 11.4 Å². The van der Waals surface area contributed by atoms with Crippen molar-refractivity contribution < 1.29 is 19.0 Å². The molecule has 1 atom stereocenters. The van der Waals surface area contributed by atoms with Crippen LogP contribution in [0.15, 0.2) is 48.5 Å². The van der Waals surface area contributed by atoms with Gasteiger partial charge in [-0.3, -0.25) is 0 Å². The van der Waals surface area contributed by atoms with Gasteiger partial charge in [0.25, 0.3) is 0 Å². The van der Waals surface area contributed by atoms with Gasteiger partial charge in [0.15, 0.2) is 17.3 Å². The largest absolute Gasteiger partial charge is 0.465 e. The van der Waals surface area contributed by atoms with Crippen molar-refractivity contribution in [2.45, 2.75) is 25.3 Å². The highest BCUT2D eigenvalue weighted by molar-refractivity contribution is 7.19. The summed E-state index contributed by atoms with van der Waals surface area (Å²) in [6.45, 7) is 0.852. The molecule has 0 radical (unpaired) electrons. The molecule has 0 saturated carbocycles. The number of carbonyl (C=O) groups excluding carboxylic acids is 1. The van der Waals surface area contributed by atoms with Crippen LogP contribution in [0.4, 0.5) is 5.82 Å². The molecule has 174 valence electrons. The minimum absolute atomic E-state index is 0.258. The molecule has 7 nitrogen and oxygen atoms in total. The Bertz CT molecular complexity index is 1540. The maximum Gasteiger partial charge on any atom is 0.337 e. The Morgan fingerprint density at radius 1 is 1.14 bits per heavy atom. The van der Waals surface area contributed by atoms with Crippen molar-refractivity contribution in [2.75, 3.05) is 19.2 Å². The third kappa shape index (κ3) is 3.20. The molecule has 0 bridgehead atoms. The number of allylic oxidation sites excluding steroid dienone is 2. The number of hydrogen-bond donors (Lipinski definition) is 1. The zero-order valence-electron chi connectivity index (χ0n) is 19.0. The van der Waals surface area contributed by atoms with E-state index in [1.807, 2.05) is 30.3 Å². The minimum atomic E-state index is -0.364. The van der Waals surface area contributed by atoms with Crippen LogP contribution in [0.25, 0.3) is 27.2 Å². The van der Waals surface area contributed by atoms with Crippen LogP contribution in [-0.4, -0.2) is 29.8 Å². The quantitative estimate of drug-likeness (QED) is 0.361. The lowest BCUT2D eigenvalue weighted by Gasteiger charge is -2.26. The molecule has 35 heavy (non-hydrogen) atoms. The Kier molecular flexibility index (Phi) is 4.57. The number of rotatable bonds is 5. The van der Waals surface area contributed by atoms with Gasteiger partial charge in [0.2, 0.25) is 6.79 Å². The lowest BCUT2D eigenvalue weighted by atomic mass is 9.80. The Balaban J connectivity index is 1.29. The smallest absolute Gasteiger partial charge is 0.337 e. The predicted octanol–water partition coefficient (Wildman–Crippen LogP) is 5.76. The van der Waals surface area contributed by atoms with E-state index in [9.17, 15) is 4.79 Å². The topological polar surface area (TPSA) is 82.6 Å². The molecule has 1 aliphatic heterocycles. The third-order valence-corrected chi connectivity index (χ3v) is 8.04. The molecule has 3 aliphatic rings. The fourth-order valence-corrected chi connectivity index (χ4v) is 6.44. The number of nitrogens with zero attached hydrogens (tertiary/aromatic N) is 2. The number of ether oxygens (including phenoxy) is 3. The standard InChI is InChI=1S/C27H21N3O4S/c1-32-27(31)16-8-6-15(7-9-16)24-29-25(28-12-14-5-10-19-20(11-14)34-13-33-19)22-21-17-3-2-4-18(17)23(21)35-26(22)30-24/h3,5-11,18H,2,4,12-13H2,1H3,(H,28,29,30). The fraction of sp³-hybridized carbons (Fsp3) is 0.222. The number of hydrogen-bond acceptors (Lipinski definition) is 8. The zero-order valence-corrected chi connectivity index (χ0v) is 19.8. The average Bonchev–Trinajstić information content (AvgIpc) is 3.60. The molecular formula is C27H21N3O4S. The van der Waals surface area contributed by atoms with E-state index in [4.69, 9.17) is 24.2 Å². The number of benzene rings is 2. The van der Waals surface area contributed by atoms with Crippen molar-refractivity contribution in [1.29, 1.82) is 0 Å². The van der Waals surface area contributed by atoms with Gasteiger partial charge in [0, 0.05) is 28.5 Å². The van der Waals surface area contributed by atoms with Crippen LogP contribution in [-0.2, 0) is 11.3 Å². The second-order valence-electron chi connectivity index (χ2n) is 8.82. The molecule has 2 aromatic heterocycles. The molecule has 0 fully saturated rings. The number of methoxy groups -OCH3 is 1. The monoisotopic (exact) mass is 483 g/mol. The Labute approximate surface area is 205 Å². The molecular weight excluding hydrogens is 462 g/mol. The van der Waals surface area contributed by atoms with Crippen LogP contribution in [0.3, 0.4) is 0 Å². The van der Waals surface area contributed by atoms with E-state index in [1.165, 1.54) is 29.5 Å². The van der Waals surface area contributed by atoms with Crippen molar-refractivity contribution in [2.24, 2.45) is 0 Å². The minimum Gasteiger partial charge on any atom is -0.465 e. The molecule has 1 unspecified atom stereocenters. The number of fused-ring (bicyclic) bond motifs is 7. The molecule has 8 heteroatoms. The summed E-state index contributed by atoms with van der Waals surface area (Å²) < 4.78 is 15.8. The first-order valence-corrected chi connectivity index (χ1v) is 12.4. The van der Waals surface area contributed by atoms with Crippen molar-refractivity contribution in [1.82, 2.24) is 9.97 Å². The lowest BCUT2D eigenvalue weighted by Crippen LogP contribution is -2.10. The number of thiophene rings is 1. The molecule has 0 amide bonds. The molecule has 7 rings (SSSR count). The van der Waals surface area contributed by atoms with Gasteiger partial charge in [-0.05, 0) is 48.2 Å². The van der Waals surface area contributed by atoms with Crippen molar-refractivity contribution in [3.63, 3.8) is 0 Å². The van der Waals surface area contributed by atoms with E-state index in [0.29, 0.717) is 23.9 Å². The van der Waals surface area contributed by atoms with Gasteiger partial charge in [-0.25, -0.2) is 14.8 Å².